The van der Waals surface area contributed by atoms with Gasteiger partial charge in [-0.2, -0.15) is 0 Å². The van der Waals surface area contributed by atoms with Gasteiger partial charge in [-0.25, -0.2) is 14.2 Å². The molecule has 1 heterocycles. The van der Waals surface area contributed by atoms with Gasteiger partial charge in [-0.1, -0.05) is 23.2 Å². The number of pyridine rings is 1. The van der Waals surface area contributed by atoms with E-state index < -0.39 is 18.3 Å². The molecule has 0 aliphatic carbocycles. The zero-order chi connectivity index (χ0) is 10.9. The Balaban J connectivity index is 3.48. The van der Waals surface area contributed by atoms with Gasteiger partial charge >= 0.3 is 5.97 Å². The van der Waals surface area contributed by atoms with E-state index in [1.807, 2.05) is 0 Å². The molecule has 1 aromatic rings. The van der Waals surface area contributed by atoms with Gasteiger partial charge in [-0.05, 0) is 0 Å². The Kier molecular flexibility index (Phi) is 3.13. The fraction of sp³-hybridized carbons (Fsp3) is 0.143. The molecule has 7 heteroatoms. The number of anilines is 1. The monoisotopic (exact) mass is 238 g/mol. The molecule has 0 amide bonds. The second kappa shape index (κ2) is 3.98. The van der Waals surface area contributed by atoms with E-state index in [4.69, 9.17) is 34.0 Å². The van der Waals surface area contributed by atoms with Gasteiger partial charge in [0.25, 0.3) is 0 Å². The summed E-state index contributed by atoms with van der Waals surface area (Å²) < 4.78 is 12.3. The van der Waals surface area contributed by atoms with E-state index in [1.165, 1.54) is 0 Å². The molecule has 14 heavy (non-hydrogen) atoms. The van der Waals surface area contributed by atoms with E-state index in [-0.39, 0.29) is 21.4 Å². The Hall–Kier alpha value is -1.07. The lowest BCUT2D eigenvalue weighted by Crippen LogP contribution is -2.07. The number of hydrogen-bond acceptors (Lipinski definition) is 3. The van der Waals surface area contributed by atoms with Crippen LogP contribution in [0, 0.1) is 0 Å². The Morgan fingerprint density at radius 2 is 2.07 bits per heavy atom. The Morgan fingerprint density at radius 3 is 2.50 bits per heavy atom. The van der Waals surface area contributed by atoms with E-state index in [2.05, 4.69) is 4.98 Å². The van der Waals surface area contributed by atoms with Crippen molar-refractivity contribution in [1.29, 1.82) is 0 Å². The van der Waals surface area contributed by atoms with Crippen LogP contribution < -0.4 is 5.73 Å². The topological polar surface area (TPSA) is 76.2 Å². The Bertz CT molecular complexity index is 398. The molecule has 0 fully saturated rings. The highest BCUT2D eigenvalue weighted by molar-refractivity contribution is 6.40. The first-order valence-corrected chi connectivity index (χ1v) is 4.17. The fourth-order valence-corrected chi connectivity index (χ4v) is 1.30. The molecule has 1 aromatic heterocycles. The van der Waals surface area contributed by atoms with Gasteiger partial charge in [-0.15, -0.1) is 0 Å². The first-order valence-electron chi connectivity index (χ1n) is 3.41. The molecule has 0 saturated carbocycles. The van der Waals surface area contributed by atoms with E-state index >= 15 is 0 Å². The molecule has 76 valence electrons. The maximum absolute atomic E-state index is 12.3. The number of aromatic nitrogens is 1. The lowest BCUT2D eigenvalue weighted by molar-refractivity contribution is 0.0690. The lowest BCUT2D eigenvalue weighted by atomic mass is 10.2. The standard InChI is InChI=1S/C7H5Cl2FN2O2/c8-3-2(1-10)12-6(7(13)14)4(9)5(3)11/h1H2,(H2,11,12)(H,13,14). The maximum atomic E-state index is 12.3. The molecule has 0 radical (unpaired) electrons. The number of aromatic carboxylic acids is 1. The third-order valence-corrected chi connectivity index (χ3v) is 2.31. The van der Waals surface area contributed by atoms with Crippen LogP contribution in [0.2, 0.25) is 10.0 Å². The largest absolute Gasteiger partial charge is 0.476 e. The average Bonchev–Trinajstić information content (AvgIpc) is 2.14. The van der Waals surface area contributed by atoms with Gasteiger partial charge in [0.1, 0.15) is 6.67 Å². The first kappa shape index (κ1) is 11.0. The molecule has 4 nitrogen and oxygen atoms in total. The quantitative estimate of drug-likeness (QED) is 0.828. The SMILES string of the molecule is Nc1c(Cl)c(CF)nc(C(=O)O)c1Cl. The third kappa shape index (κ3) is 1.73. The van der Waals surface area contributed by atoms with Gasteiger partial charge in [0.05, 0.1) is 21.4 Å². The molecule has 0 aliphatic heterocycles. The number of nitrogens with zero attached hydrogens (tertiary/aromatic N) is 1. The van der Waals surface area contributed by atoms with Gasteiger partial charge in [-0.3, -0.25) is 0 Å². The van der Waals surface area contributed by atoms with E-state index in [0.29, 0.717) is 0 Å². The summed E-state index contributed by atoms with van der Waals surface area (Å²) in [7, 11) is 0. The molecule has 0 bridgehead atoms. The molecular weight excluding hydrogens is 234 g/mol. The molecular formula is C7H5Cl2FN2O2. The molecule has 0 saturated heterocycles. The van der Waals surface area contributed by atoms with Gasteiger partial charge < -0.3 is 10.8 Å². The van der Waals surface area contributed by atoms with Crippen molar-refractivity contribution in [1.82, 2.24) is 4.98 Å². The van der Waals surface area contributed by atoms with Crippen LogP contribution >= 0.6 is 23.2 Å². The molecule has 0 aromatic carbocycles. The summed E-state index contributed by atoms with van der Waals surface area (Å²) in [6, 6.07) is 0. The van der Waals surface area contributed by atoms with Crippen molar-refractivity contribution >= 4 is 34.9 Å². The van der Waals surface area contributed by atoms with Crippen molar-refractivity contribution in [2.75, 3.05) is 5.73 Å². The maximum Gasteiger partial charge on any atom is 0.356 e. The van der Waals surface area contributed by atoms with Crippen molar-refractivity contribution in [2.45, 2.75) is 6.67 Å². The van der Waals surface area contributed by atoms with Crippen LogP contribution in [0.3, 0.4) is 0 Å². The third-order valence-electron chi connectivity index (χ3n) is 1.51. The van der Waals surface area contributed by atoms with E-state index in [0.717, 1.165) is 0 Å². The summed E-state index contributed by atoms with van der Waals surface area (Å²) in [5, 5.41) is 8.20. The number of halogens is 3. The summed E-state index contributed by atoms with van der Waals surface area (Å²) in [6.45, 7) is -1.000. The minimum atomic E-state index is -1.38. The zero-order valence-corrected chi connectivity index (χ0v) is 8.23. The van der Waals surface area contributed by atoms with Crippen molar-refractivity contribution in [3.05, 3.63) is 21.4 Å². The second-order valence-corrected chi connectivity index (χ2v) is 3.14. The second-order valence-electron chi connectivity index (χ2n) is 2.39. The number of alkyl halides is 1. The van der Waals surface area contributed by atoms with Crippen LogP contribution in [-0.2, 0) is 6.67 Å². The number of carbonyl (C=O) groups is 1. The number of rotatable bonds is 2. The Labute approximate surface area is 88.4 Å². The van der Waals surface area contributed by atoms with Crippen molar-refractivity contribution in [2.24, 2.45) is 0 Å². The van der Waals surface area contributed by atoms with Crippen LogP contribution in [0.4, 0.5) is 10.1 Å². The smallest absolute Gasteiger partial charge is 0.356 e. The first-order chi connectivity index (χ1) is 6.49. The predicted octanol–water partition coefficient (Wildman–Crippen LogP) is 2.14. The van der Waals surface area contributed by atoms with Gasteiger partial charge in [0.15, 0.2) is 5.69 Å². The molecule has 3 N–H and O–H groups in total. The van der Waals surface area contributed by atoms with Crippen LogP contribution in [0.25, 0.3) is 0 Å². The molecule has 0 atom stereocenters. The zero-order valence-electron chi connectivity index (χ0n) is 6.72. The minimum Gasteiger partial charge on any atom is -0.476 e. The van der Waals surface area contributed by atoms with Crippen molar-refractivity contribution < 1.29 is 14.3 Å². The number of carboxylic acid groups (broad SMARTS) is 1. The summed E-state index contributed by atoms with van der Waals surface area (Å²) in [5.41, 5.74) is 4.46. The summed E-state index contributed by atoms with van der Waals surface area (Å²) in [5.74, 6) is -1.38. The van der Waals surface area contributed by atoms with Gasteiger partial charge in [0, 0.05) is 0 Å². The molecule has 1 rings (SSSR count). The highest BCUT2D eigenvalue weighted by atomic mass is 35.5. The number of nitrogen functional groups attached to an aromatic ring is 1. The van der Waals surface area contributed by atoms with Crippen molar-refractivity contribution in [3.63, 3.8) is 0 Å². The molecule has 0 aliphatic rings. The van der Waals surface area contributed by atoms with Crippen LogP contribution in [0.5, 0.6) is 0 Å². The molecule has 0 unspecified atom stereocenters. The summed E-state index contributed by atoms with van der Waals surface area (Å²) in [4.78, 5) is 14.0. The summed E-state index contributed by atoms with van der Waals surface area (Å²) >= 11 is 11.1. The summed E-state index contributed by atoms with van der Waals surface area (Å²) in [6.07, 6.45) is 0. The molecule has 0 spiro atoms. The van der Waals surface area contributed by atoms with Gasteiger partial charge in [0.2, 0.25) is 0 Å². The van der Waals surface area contributed by atoms with Crippen molar-refractivity contribution in [3.8, 4) is 0 Å². The minimum absolute atomic E-state index is 0.150. The van der Waals surface area contributed by atoms with Crippen LogP contribution in [-0.4, -0.2) is 16.1 Å². The highest BCUT2D eigenvalue weighted by Crippen LogP contribution is 2.32. The Morgan fingerprint density at radius 1 is 1.50 bits per heavy atom. The normalized spacial score (nSPS) is 10.2. The number of hydrogen-bond donors (Lipinski definition) is 2. The number of carboxylic acids is 1. The fourth-order valence-electron chi connectivity index (χ4n) is 0.843. The average molecular weight is 239 g/mol. The van der Waals surface area contributed by atoms with E-state index in [1.54, 1.807) is 0 Å². The lowest BCUT2D eigenvalue weighted by Gasteiger charge is -2.07. The number of nitrogens with two attached hydrogens (primary N) is 1. The van der Waals surface area contributed by atoms with Crippen LogP contribution in [0.15, 0.2) is 0 Å². The highest BCUT2D eigenvalue weighted by Gasteiger charge is 2.19. The van der Waals surface area contributed by atoms with E-state index in [9.17, 15) is 9.18 Å². The van der Waals surface area contributed by atoms with Crippen LogP contribution in [0.1, 0.15) is 16.2 Å². The predicted molar refractivity (Wildman–Crippen MR) is 50.4 cm³/mol.